The van der Waals surface area contributed by atoms with Crippen LogP contribution in [0.15, 0.2) is 18.2 Å². The predicted octanol–water partition coefficient (Wildman–Crippen LogP) is 1.41. The molecule has 2 aliphatic heterocycles. The fraction of sp³-hybridized carbons (Fsp3) is 0.500. The molecule has 0 spiro atoms. The minimum atomic E-state index is -1.05. The number of carbonyl (C=O) groups is 5. The van der Waals surface area contributed by atoms with Crippen LogP contribution in [0.3, 0.4) is 0 Å². The van der Waals surface area contributed by atoms with E-state index in [-0.39, 0.29) is 42.2 Å². The Kier molecular flexibility index (Phi) is 7.04. The van der Waals surface area contributed by atoms with E-state index >= 15 is 0 Å². The summed E-state index contributed by atoms with van der Waals surface area (Å²) in [6.45, 7) is 4.55. The molecule has 1 aromatic rings. The lowest BCUT2D eigenvalue weighted by Crippen LogP contribution is -2.54. The van der Waals surface area contributed by atoms with Crippen LogP contribution >= 0.6 is 0 Å². The molecule has 1 atom stereocenters. The molecule has 1 fully saturated rings. The molecule has 2 heterocycles. The van der Waals surface area contributed by atoms with Crippen molar-refractivity contribution in [3.63, 3.8) is 0 Å². The summed E-state index contributed by atoms with van der Waals surface area (Å²) in [6.07, 6.45) is 3.12. The Morgan fingerprint density at radius 1 is 1.19 bits per heavy atom. The first-order valence-electron chi connectivity index (χ1n) is 10.5. The van der Waals surface area contributed by atoms with E-state index in [1.54, 1.807) is 6.07 Å². The summed E-state index contributed by atoms with van der Waals surface area (Å²) in [5.74, 6) is -1.98. The number of unbranched alkanes of at least 4 members (excludes halogenated alkanes) is 1. The zero-order chi connectivity index (χ0) is 22.5. The number of nitrogens with zero attached hydrogens (tertiary/aromatic N) is 1. The molecule has 0 saturated carbocycles. The molecular formula is C22H27N3O6. The van der Waals surface area contributed by atoms with Gasteiger partial charge in [-0.05, 0) is 30.9 Å². The van der Waals surface area contributed by atoms with Crippen LogP contribution in [0, 0.1) is 5.92 Å². The van der Waals surface area contributed by atoms with E-state index < -0.39 is 29.7 Å². The van der Waals surface area contributed by atoms with Gasteiger partial charge >= 0.3 is 0 Å². The maximum absolute atomic E-state index is 13.0. The third-order valence-corrected chi connectivity index (χ3v) is 5.32. The summed E-state index contributed by atoms with van der Waals surface area (Å²) in [5, 5.41) is 4.93. The Balaban J connectivity index is 1.62. The first-order valence-corrected chi connectivity index (χ1v) is 10.5. The number of piperidine rings is 1. The highest BCUT2D eigenvalue weighted by atomic mass is 16.5. The number of fused-ring (bicyclic) bond motifs is 1. The minimum absolute atomic E-state index is 0.0296. The lowest BCUT2D eigenvalue weighted by molar-refractivity contribution is -0.136. The van der Waals surface area contributed by atoms with E-state index in [1.165, 1.54) is 12.1 Å². The SMILES string of the molecule is CC(C)CCCCNC(=O)COc1cccc2c1C(=O)N(C1CCC(=O)NC1=O)C2=O. The number of benzene rings is 1. The van der Waals surface area contributed by atoms with Gasteiger partial charge in [-0.2, -0.15) is 0 Å². The normalized spacial score (nSPS) is 18.3. The molecule has 31 heavy (non-hydrogen) atoms. The van der Waals surface area contributed by atoms with Crippen LogP contribution in [0.1, 0.15) is 66.7 Å². The smallest absolute Gasteiger partial charge is 0.266 e. The minimum Gasteiger partial charge on any atom is -0.483 e. The Morgan fingerprint density at radius 3 is 2.68 bits per heavy atom. The van der Waals surface area contributed by atoms with Crippen LogP contribution in [0.2, 0.25) is 0 Å². The lowest BCUT2D eigenvalue weighted by Gasteiger charge is -2.27. The Morgan fingerprint density at radius 2 is 1.97 bits per heavy atom. The summed E-state index contributed by atoms with van der Waals surface area (Å²) in [4.78, 5) is 62.2. The molecule has 5 amide bonds. The topological polar surface area (TPSA) is 122 Å². The van der Waals surface area contributed by atoms with Crippen LogP contribution in [0.25, 0.3) is 0 Å². The van der Waals surface area contributed by atoms with Crippen molar-refractivity contribution in [1.82, 2.24) is 15.5 Å². The monoisotopic (exact) mass is 429 g/mol. The molecular weight excluding hydrogens is 402 g/mol. The molecule has 9 heteroatoms. The average molecular weight is 429 g/mol. The summed E-state index contributed by atoms with van der Waals surface area (Å²) >= 11 is 0. The highest BCUT2D eigenvalue weighted by Crippen LogP contribution is 2.33. The van der Waals surface area contributed by atoms with Crippen molar-refractivity contribution in [3.05, 3.63) is 29.3 Å². The van der Waals surface area contributed by atoms with Gasteiger partial charge in [-0.3, -0.25) is 34.2 Å². The lowest BCUT2D eigenvalue weighted by atomic mass is 10.0. The molecule has 1 unspecified atom stereocenters. The zero-order valence-electron chi connectivity index (χ0n) is 17.7. The quantitative estimate of drug-likeness (QED) is 0.452. The summed E-state index contributed by atoms with van der Waals surface area (Å²) in [5.41, 5.74) is 0.142. The van der Waals surface area contributed by atoms with Crippen LogP contribution in [-0.2, 0) is 14.4 Å². The Bertz CT molecular complexity index is 911. The van der Waals surface area contributed by atoms with Gasteiger partial charge in [0.1, 0.15) is 11.8 Å². The fourth-order valence-electron chi connectivity index (χ4n) is 3.70. The second-order valence-corrected chi connectivity index (χ2v) is 8.15. The first-order chi connectivity index (χ1) is 14.8. The summed E-state index contributed by atoms with van der Waals surface area (Å²) in [7, 11) is 0. The number of hydrogen-bond acceptors (Lipinski definition) is 6. The number of rotatable bonds is 9. The predicted molar refractivity (Wildman–Crippen MR) is 110 cm³/mol. The third kappa shape index (κ3) is 5.10. The molecule has 1 aromatic carbocycles. The summed E-state index contributed by atoms with van der Waals surface area (Å²) < 4.78 is 5.54. The number of hydrogen-bond donors (Lipinski definition) is 2. The van der Waals surface area contributed by atoms with Crippen molar-refractivity contribution < 1.29 is 28.7 Å². The van der Waals surface area contributed by atoms with Gasteiger partial charge in [-0.15, -0.1) is 0 Å². The molecule has 0 aromatic heterocycles. The number of nitrogens with one attached hydrogen (secondary N) is 2. The highest BCUT2D eigenvalue weighted by Gasteiger charge is 2.46. The van der Waals surface area contributed by atoms with Crippen molar-refractivity contribution in [2.45, 2.75) is 52.0 Å². The van der Waals surface area contributed by atoms with E-state index in [1.807, 2.05) is 0 Å². The number of amides is 5. The Labute approximate surface area is 180 Å². The molecule has 0 aliphatic carbocycles. The zero-order valence-corrected chi connectivity index (χ0v) is 17.7. The molecule has 2 aliphatic rings. The third-order valence-electron chi connectivity index (χ3n) is 5.32. The highest BCUT2D eigenvalue weighted by molar-refractivity contribution is 6.24. The fourth-order valence-corrected chi connectivity index (χ4v) is 3.70. The van der Waals surface area contributed by atoms with Gasteiger partial charge in [0.25, 0.3) is 17.7 Å². The second-order valence-electron chi connectivity index (χ2n) is 8.15. The molecule has 2 N–H and O–H groups in total. The van der Waals surface area contributed by atoms with Crippen molar-refractivity contribution in [2.75, 3.05) is 13.2 Å². The molecule has 166 valence electrons. The number of carbonyl (C=O) groups excluding carboxylic acids is 5. The van der Waals surface area contributed by atoms with Crippen LogP contribution < -0.4 is 15.4 Å². The molecule has 9 nitrogen and oxygen atoms in total. The maximum Gasteiger partial charge on any atom is 0.266 e. The molecule has 0 radical (unpaired) electrons. The van der Waals surface area contributed by atoms with Crippen molar-refractivity contribution in [1.29, 1.82) is 0 Å². The second kappa shape index (κ2) is 9.72. The van der Waals surface area contributed by atoms with Crippen molar-refractivity contribution >= 4 is 29.5 Å². The van der Waals surface area contributed by atoms with Gasteiger partial charge in [0.2, 0.25) is 11.8 Å². The maximum atomic E-state index is 13.0. The number of ether oxygens (including phenoxy) is 1. The molecule has 3 rings (SSSR count). The largest absolute Gasteiger partial charge is 0.483 e. The molecule has 1 saturated heterocycles. The number of imide groups is 2. The van der Waals surface area contributed by atoms with Gasteiger partial charge in [-0.1, -0.05) is 32.8 Å². The van der Waals surface area contributed by atoms with E-state index in [0.29, 0.717) is 12.5 Å². The Hall–Kier alpha value is -3.23. The van der Waals surface area contributed by atoms with Gasteiger partial charge < -0.3 is 10.1 Å². The molecule has 0 bridgehead atoms. The van der Waals surface area contributed by atoms with Gasteiger partial charge in [0.15, 0.2) is 6.61 Å². The van der Waals surface area contributed by atoms with Crippen molar-refractivity contribution in [3.8, 4) is 5.75 Å². The van der Waals surface area contributed by atoms with E-state index in [2.05, 4.69) is 24.5 Å². The summed E-state index contributed by atoms with van der Waals surface area (Å²) in [6, 6.07) is 3.49. The van der Waals surface area contributed by atoms with E-state index in [4.69, 9.17) is 4.74 Å². The van der Waals surface area contributed by atoms with Crippen LogP contribution in [0.4, 0.5) is 0 Å². The van der Waals surface area contributed by atoms with Gasteiger partial charge in [0, 0.05) is 13.0 Å². The van der Waals surface area contributed by atoms with Gasteiger partial charge in [-0.25, -0.2) is 0 Å². The van der Waals surface area contributed by atoms with E-state index in [9.17, 15) is 24.0 Å². The van der Waals surface area contributed by atoms with E-state index in [0.717, 1.165) is 24.2 Å². The standard InChI is InChI=1S/C22H27N3O6/c1-13(2)6-3-4-11-23-18(27)12-31-16-8-5-7-14-19(16)22(30)25(21(14)29)15-9-10-17(26)24-20(15)28/h5,7-8,13,15H,3-4,6,9-12H2,1-2H3,(H,23,27)(H,24,26,28). The average Bonchev–Trinajstić information content (AvgIpc) is 2.97. The van der Waals surface area contributed by atoms with Crippen LogP contribution in [0.5, 0.6) is 5.75 Å². The van der Waals surface area contributed by atoms with Crippen molar-refractivity contribution in [2.24, 2.45) is 5.92 Å². The van der Waals surface area contributed by atoms with Crippen LogP contribution in [-0.4, -0.2) is 53.6 Å². The van der Waals surface area contributed by atoms with Gasteiger partial charge in [0.05, 0.1) is 11.1 Å². The first kappa shape index (κ1) is 22.5.